The monoisotopic (exact) mass is 347 g/mol. The minimum atomic E-state index is -1.23. The zero-order valence-corrected chi connectivity index (χ0v) is 14.2. The van der Waals surface area contributed by atoms with Gasteiger partial charge in [-0.2, -0.15) is 0 Å². The number of nitrogens with one attached hydrogen (secondary N) is 2. The minimum Gasteiger partial charge on any atom is -0.362 e. The van der Waals surface area contributed by atoms with Gasteiger partial charge < -0.3 is 20.1 Å². The third kappa shape index (κ3) is 2.98. The first-order valence-corrected chi connectivity index (χ1v) is 8.06. The van der Waals surface area contributed by atoms with E-state index in [-0.39, 0.29) is 24.3 Å². The number of nitro groups is 1. The van der Waals surface area contributed by atoms with E-state index in [4.69, 9.17) is 9.47 Å². The van der Waals surface area contributed by atoms with E-state index in [9.17, 15) is 14.9 Å². The van der Waals surface area contributed by atoms with Gasteiger partial charge in [-0.25, -0.2) is 0 Å². The fourth-order valence-electron chi connectivity index (χ4n) is 3.73. The summed E-state index contributed by atoms with van der Waals surface area (Å²) in [6.45, 7) is 0.431. The lowest BCUT2D eigenvalue weighted by Gasteiger charge is -2.48. The van der Waals surface area contributed by atoms with Crippen LogP contribution in [-0.4, -0.2) is 36.8 Å². The van der Waals surface area contributed by atoms with Gasteiger partial charge in [0.05, 0.1) is 11.0 Å². The molecule has 1 heterocycles. The normalized spacial score (nSPS) is 24.6. The first-order chi connectivity index (χ1) is 12.0. The molecule has 1 aromatic rings. The van der Waals surface area contributed by atoms with Crippen molar-refractivity contribution < 1.29 is 19.2 Å². The van der Waals surface area contributed by atoms with Crippen LogP contribution in [0.5, 0.6) is 0 Å². The van der Waals surface area contributed by atoms with E-state index in [1.807, 2.05) is 30.3 Å². The highest BCUT2D eigenvalue weighted by molar-refractivity contribution is 5.81. The van der Waals surface area contributed by atoms with Crippen molar-refractivity contribution in [3.05, 3.63) is 57.5 Å². The molecule has 25 heavy (non-hydrogen) atoms. The Labute approximate surface area is 145 Å². The average molecular weight is 347 g/mol. The number of Topliss-reactive ketones (excluding diaryl/α,β-unsaturated/α-hetero) is 1. The number of benzene rings is 1. The number of nitrogens with zero attached hydrogens (tertiary/aromatic N) is 1. The Kier molecular flexibility index (Phi) is 4.73. The topological polar surface area (TPSA) is 103 Å². The van der Waals surface area contributed by atoms with Crippen LogP contribution in [0.4, 0.5) is 0 Å². The largest absolute Gasteiger partial charge is 0.362 e. The number of methoxy groups -OCH3 is 2. The van der Waals surface area contributed by atoms with Gasteiger partial charge in [0.15, 0.2) is 5.82 Å². The molecular weight excluding hydrogens is 326 g/mol. The number of fused-ring (bicyclic) bond motifs is 2. The molecule has 0 spiro atoms. The van der Waals surface area contributed by atoms with Gasteiger partial charge in [0.2, 0.25) is 5.79 Å². The number of hydrogen-bond donors (Lipinski definition) is 2. The van der Waals surface area contributed by atoms with Crippen LogP contribution in [-0.2, 0) is 20.8 Å². The second kappa shape index (κ2) is 6.81. The highest BCUT2D eigenvalue weighted by atomic mass is 16.7. The molecule has 134 valence electrons. The summed E-state index contributed by atoms with van der Waals surface area (Å²) in [7, 11) is 2.89. The summed E-state index contributed by atoms with van der Waals surface area (Å²) in [5.41, 5.74) is 0.889. The van der Waals surface area contributed by atoms with E-state index in [1.54, 1.807) is 0 Å². The molecule has 3 rings (SSSR count). The lowest BCUT2D eigenvalue weighted by molar-refractivity contribution is -0.451. The molecule has 8 heteroatoms. The molecule has 1 aliphatic carbocycles. The lowest BCUT2D eigenvalue weighted by Crippen LogP contribution is -2.66. The van der Waals surface area contributed by atoms with Crippen LogP contribution in [0.3, 0.4) is 0 Å². The molecule has 8 nitrogen and oxygen atoms in total. The van der Waals surface area contributed by atoms with Crippen LogP contribution in [0, 0.1) is 16.0 Å². The summed E-state index contributed by atoms with van der Waals surface area (Å²) in [5, 5.41) is 17.9. The molecule has 2 aliphatic rings. The van der Waals surface area contributed by atoms with Gasteiger partial charge in [0.25, 0.3) is 5.70 Å². The van der Waals surface area contributed by atoms with E-state index in [0.717, 1.165) is 5.56 Å². The maximum Gasteiger partial charge on any atom is 0.294 e. The summed E-state index contributed by atoms with van der Waals surface area (Å²) in [6, 6.07) is 9.09. The number of ether oxygens (including phenoxy) is 2. The van der Waals surface area contributed by atoms with E-state index in [1.165, 1.54) is 14.2 Å². The molecular formula is C17H21N3O5. The van der Waals surface area contributed by atoms with Crippen molar-refractivity contribution in [3.63, 3.8) is 0 Å². The zero-order valence-electron chi connectivity index (χ0n) is 14.2. The Balaban J connectivity index is 1.96. The third-order valence-electron chi connectivity index (χ3n) is 4.89. The molecule has 2 atom stereocenters. The summed E-state index contributed by atoms with van der Waals surface area (Å²) in [5.74, 6) is -1.73. The van der Waals surface area contributed by atoms with Gasteiger partial charge >= 0.3 is 0 Å². The molecule has 0 aromatic heterocycles. The van der Waals surface area contributed by atoms with E-state index < -0.39 is 22.7 Å². The van der Waals surface area contributed by atoms with Crippen molar-refractivity contribution >= 4 is 5.78 Å². The average Bonchev–Trinajstić information content (AvgIpc) is 2.60. The predicted octanol–water partition coefficient (Wildman–Crippen LogP) is 1.16. The summed E-state index contributed by atoms with van der Waals surface area (Å²) >= 11 is 0. The highest BCUT2D eigenvalue weighted by Gasteiger charge is 2.60. The van der Waals surface area contributed by atoms with Gasteiger partial charge in [-0.3, -0.25) is 14.9 Å². The van der Waals surface area contributed by atoms with Crippen molar-refractivity contribution in [3.8, 4) is 0 Å². The number of carbonyl (C=O) groups is 1. The minimum absolute atomic E-state index is 0.0205. The second-order valence-corrected chi connectivity index (χ2v) is 6.18. The van der Waals surface area contributed by atoms with Gasteiger partial charge in [-0.15, -0.1) is 0 Å². The molecule has 1 aliphatic heterocycles. The quantitative estimate of drug-likeness (QED) is 0.452. The fraction of sp³-hybridized carbons (Fsp3) is 0.471. The summed E-state index contributed by atoms with van der Waals surface area (Å²) in [4.78, 5) is 23.3. The van der Waals surface area contributed by atoms with Crippen molar-refractivity contribution in [2.24, 2.45) is 5.92 Å². The number of hydrogen-bond acceptors (Lipinski definition) is 7. The van der Waals surface area contributed by atoms with Crippen LogP contribution in [0.2, 0.25) is 0 Å². The smallest absolute Gasteiger partial charge is 0.294 e. The van der Waals surface area contributed by atoms with Crippen LogP contribution < -0.4 is 10.6 Å². The van der Waals surface area contributed by atoms with Crippen LogP contribution in [0.1, 0.15) is 18.4 Å². The van der Waals surface area contributed by atoms with Crippen LogP contribution in [0.25, 0.3) is 0 Å². The Bertz CT molecular complexity index is 699. The van der Waals surface area contributed by atoms with Crippen molar-refractivity contribution in [2.75, 3.05) is 14.2 Å². The maximum absolute atomic E-state index is 12.0. The lowest BCUT2D eigenvalue weighted by atomic mass is 9.74. The van der Waals surface area contributed by atoms with Crippen molar-refractivity contribution in [1.82, 2.24) is 10.6 Å². The fourth-order valence-corrected chi connectivity index (χ4v) is 3.73. The van der Waals surface area contributed by atoms with Gasteiger partial charge in [0.1, 0.15) is 11.7 Å². The molecule has 0 radical (unpaired) electrons. The number of carbonyl (C=O) groups excluding carboxylic acids is 1. The van der Waals surface area contributed by atoms with E-state index in [0.29, 0.717) is 12.4 Å². The third-order valence-corrected chi connectivity index (χ3v) is 4.89. The SMILES string of the molecule is COC1(OC)C2CC(=O)CC1C([N+](=O)[O-])=C(NCc1ccccc1)N2. The molecule has 0 amide bonds. The first-order valence-electron chi connectivity index (χ1n) is 8.06. The molecule has 0 saturated heterocycles. The molecule has 1 aromatic carbocycles. The van der Waals surface area contributed by atoms with Gasteiger partial charge in [-0.1, -0.05) is 30.3 Å². The molecule has 2 bridgehead atoms. The highest BCUT2D eigenvalue weighted by Crippen LogP contribution is 2.44. The standard InChI is InChI=1S/C17H21N3O5/c1-24-17(25-2)13-8-12(21)9-14(17)19-16(15(13)20(22)23)18-10-11-6-4-3-5-7-11/h3-7,13-14,18-19H,8-10H2,1-2H3. The molecule has 2 N–H and O–H groups in total. The van der Waals surface area contributed by atoms with E-state index in [2.05, 4.69) is 10.6 Å². The van der Waals surface area contributed by atoms with Crippen LogP contribution >= 0.6 is 0 Å². The molecule has 1 fully saturated rings. The Morgan fingerprint density at radius 1 is 1.28 bits per heavy atom. The predicted molar refractivity (Wildman–Crippen MR) is 88.7 cm³/mol. The summed E-state index contributed by atoms with van der Waals surface area (Å²) < 4.78 is 11.1. The van der Waals surface area contributed by atoms with Crippen molar-refractivity contribution in [1.29, 1.82) is 0 Å². The van der Waals surface area contributed by atoms with Crippen molar-refractivity contribution in [2.45, 2.75) is 31.2 Å². The molecule has 1 saturated carbocycles. The second-order valence-electron chi connectivity index (χ2n) is 6.18. The Morgan fingerprint density at radius 2 is 1.96 bits per heavy atom. The van der Waals surface area contributed by atoms with Crippen LogP contribution in [0.15, 0.2) is 41.8 Å². The zero-order chi connectivity index (χ0) is 18.0. The number of rotatable bonds is 6. The Morgan fingerprint density at radius 3 is 2.56 bits per heavy atom. The van der Waals surface area contributed by atoms with E-state index >= 15 is 0 Å². The number of ketones is 1. The maximum atomic E-state index is 12.0. The van der Waals surface area contributed by atoms with Gasteiger partial charge in [-0.05, 0) is 5.56 Å². The van der Waals surface area contributed by atoms with Gasteiger partial charge in [0, 0.05) is 33.6 Å². The first kappa shape index (κ1) is 17.4. The molecule has 2 unspecified atom stereocenters. The summed E-state index contributed by atoms with van der Waals surface area (Å²) in [6.07, 6.45) is 0.215. The Hall–Kier alpha value is -2.45.